The van der Waals surface area contributed by atoms with Gasteiger partial charge in [0.25, 0.3) is 0 Å². The highest BCUT2D eigenvalue weighted by Gasteiger charge is 2.24. The first kappa shape index (κ1) is 19.8. The Kier molecular flexibility index (Phi) is 5.96. The van der Waals surface area contributed by atoms with Crippen LogP contribution in [0.15, 0.2) is 30.5 Å². The van der Waals surface area contributed by atoms with Gasteiger partial charge in [0.05, 0.1) is 15.9 Å². The van der Waals surface area contributed by atoms with E-state index in [1.807, 2.05) is 10.9 Å². The van der Waals surface area contributed by atoms with Crippen LogP contribution in [-0.4, -0.2) is 20.9 Å². The fourth-order valence-corrected chi connectivity index (χ4v) is 3.07. The summed E-state index contributed by atoms with van der Waals surface area (Å²) in [7, 11) is 0. The second kappa shape index (κ2) is 7.81. The number of pyridine rings is 1. The molecule has 5 nitrogen and oxygen atoms in total. The van der Waals surface area contributed by atoms with Crippen LogP contribution in [0.4, 0.5) is 0 Å². The van der Waals surface area contributed by atoms with Crippen LogP contribution in [0.1, 0.15) is 38.8 Å². The lowest BCUT2D eigenvalue weighted by Crippen LogP contribution is -2.23. The highest BCUT2D eigenvalue weighted by molar-refractivity contribution is 6.37. The van der Waals surface area contributed by atoms with Gasteiger partial charge in [0.2, 0.25) is 0 Å². The molecule has 0 aliphatic rings. The van der Waals surface area contributed by atoms with Crippen LogP contribution >= 0.6 is 11.6 Å². The smallest absolute Gasteiger partial charge is 0.241 e. The average Bonchev–Trinajstić information content (AvgIpc) is 2.97. The summed E-state index contributed by atoms with van der Waals surface area (Å²) in [6.07, 6.45) is 2.98. The first-order valence-corrected chi connectivity index (χ1v) is 8.75. The fourth-order valence-electron chi connectivity index (χ4n) is 2.71. The summed E-state index contributed by atoms with van der Waals surface area (Å²) >= 11 is 6.70. The molecule has 0 unspecified atom stereocenters. The molecule has 2 heterocycles. The predicted octanol–water partition coefficient (Wildman–Crippen LogP) is 4.79. The van der Waals surface area contributed by atoms with E-state index in [-0.39, 0.29) is 11.7 Å². The summed E-state index contributed by atoms with van der Waals surface area (Å²) in [5.41, 5.74) is 4.94. The number of hydrogen-bond acceptors (Lipinski definition) is 4. The summed E-state index contributed by atoms with van der Waals surface area (Å²) < 4.78 is 1.98. The Hall–Kier alpha value is -2.49. The zero-order valence-electron chi connectivity index (χ0n) is 15.6. The van der Waals surface area contributed by atoms with Crippen LogP contribution in [0, 0.1) is 6.92 Å². The van der Waals surface area contributed by atoms with Crippen molar-refractivity contribution in [1.29, 1.82) is 0 Å². The van der Waals surface area contributed by atoms with Crippen molar-refractivity contribution >= 4 is 28.8 Å². The van der Waals surface area contributed by atoms with E-state index in [2.05, 4.69) is 63.9 Å². The number of aryl methyl sites for hydroxylation is 2. The summed E-state index contributed by atoms with van der Waals surface area (Å²) in [5.74, 6) is 0. The molecule has 2 aromatic heterocycles. The Bertz CT molecular complexity index is 948. The first-order chi connectivity index (χ1) is 12.2. The normalized spacial score (nSPS) is 11.0. The molecule has 1 aromatic carbocycles. The Balaban J connectivity index is 0.000000758. The van der Waals surface area contributed by atoms with Crippen LogP contribution < -0.4 is 0 Å². The predicted molar refractivity (Wildman–Crippen MR) is 102 cm³/mol. The molecule has 0 spiro atoms. The molecule has 0 atom stereocenters. The van der Waals surface area contributed by atoms with Gasteiger partial charge in [-0.05, 0) is 39.7 Å². The molecule has 0 fully saturated rings. The van der Waals surface area contributed by atoms with E-state index < -0.39 is 0 Å². The molecule has 0 radical (unpaired) electrons. The van der Waals surface area contributed by atoms with Crippen molar-refractivity contribution in [3.05, 3.63) is 46.6 Å². The fraction of sp³-hybridized carbons (Fsp3) is 0.350. The summed E-state index contributed by atoms with van der Waals surface area (Å²) in [6, 6.07) is 8.39. The molecule has 0 bridgehead atoms. The number of carbonyl (C=O) groups excluding carboxylic acids is 2. The Labute approximate surface area is 158 Å². The standard InChI is InChI=1S/C19H22ClN3.CO2/c1-6-13-11-21-18-15(16(13)20)17(22-23(18)19(3,4)5)14-9-7-12(2)8-10-14;2-1-3/h7-11H,6H2,1-5H3;. The highest BCUT2D eigenvalue weighted by atomic mass is 35.5. The number of rotatable bonds is 2. The van der Waals surface area contributed by atoms with E-state index in [1.54, 1.807) is 0 Å². The number of halogens is 1. The van der Waals surface area contributed by atoms with Gasteiger partial charge in [-0.2, -0.15) is 14.7 Å². The molecule has 3 aromatic rings. The average molecular weight is 372 g/mol. The maximum atomic E-state index is 8.12. The summed E-state index contributed by atoms with van der Waals surface area (Å²) in [4.78, 5) is 20.9. The van der Waals surface area contributed by atoms with Crippen LogP contribution in [0.25, 0.3) is 22.3 Å². The lowest BCUT2D eigenvalue weighted by Gasteiger charge is -2.19. The monoisotopic (exact) mass is 371 g/mol. The minimum absolute atomic E-state index is 0.161. The van der Waals surface area contributed by atoms with Crippen molar-refractivity contribution in [3.63, 3.8) is 0 Å². The van der Waals surface area contributed by atoms with Crippen molar-refractivity contribution in [1.82, 2.24) is 14.8 Å². The zero-order valence-corrected chi connectivity index (χ0v) is 16.4. The third-order valence-electron chi connectivity index (χ3n) is 4.05. The lowest BCUT2D eigenvalue weighted by molar-refractivity contribution is -0.191. The number of hydrogen-bond donors (Lipinski definition) is 0. The van der Waals surface area contributed by atoms with E-state index in [0.29, 0.717) is 0 Å². The highest BCUT2D eigenvalue weighted by Crippen LogP contribution is 2.36. The number of nitrogens with zero attached hydrogens (tertiary/aromatic N) is 3. The van der Waals surface area contributed by atoms with Crippen LogP contribution in [0.2, 0.25) is 5.02 Å². The molecule has 26 heavy (non-hydrogen) atoms. The third-order valence-corrected chi connectivity index (χ3v) is 4.48. The maximum absolute atomic E-state index is 8.12. The molecule has 0 amide bonds. The topological polar surface area (TPSA) is 64.8 Å². The van der Waals surface area contributed by atoms with E-state index in [1.165, 1.54) is 5.56 Å². The lowest BCUT2D eigenvalue weighted by atomic mass is 10.1. The molecular weight excluding hydrogens is 350 g/mol. The van der Waals surface area contributed by atoms with Crippen LogP contribution in [0.3, 0.4) is 0 Å². The minimum Gasteiger partial charge on any atom is -0.241 e. The Morgan fingerprint density at radius 3 is 2.23 bits per heavy atom. The Morgan fingerprint density at radius 2 is 1.73 bits per heavy atom. The molecule has 0 aliphatic carbocycles. The van der Waals surface area contributed by atoms with Gasteiger partial charge in [0.1, 0.15) is 5.69 Å². The van der Waals surface area contributed by atoms with Gasteiger partial charge < -0.3 is 0 Å². The van der Waals surface area contributed by atoms with E-state index in [9.17, 15) is 0 Å². The number of benzene rings is 1. The van der Waals surface area contributed by atoms with Crippen LogP contribution in [0.5, 0.6) is 0 Å². The molecule has 0 saturated heterocycles. The van der Waals surface area contributed by atoms with Gasteiger partial charge in [-0.25, -0.2) is 9.67 Å². The van der Waals surface area contributed by atoms with Gasteiger partial charge in [-0.15, -0.1) is 0 Å². The van der Waals surface area contributed by atoms with E-state index in [0.717, 1.165) is 39.3 Å². The van der Waals surface area contributed by atoms with E-state index >= 15 is 0 Å². The van der Waals surface area contributed by atoms with Crippen molar-refractivity contribution in [2.24, 2.45) is 0 Å². The molecule has 0 aliphatic heterocycles. The van der Waals surface area contributed by atoms with Gasteiger partial charge in [-0.1, -0.05) is 48.4 Å². The van der Waals surface area contributed by atoms with Crippen LogP contribution in [-0.2, 0) is 21.5 Å². The third kappa shape index (κ3) is 3.85. The van der Waals surface area contributed by atoms with Gasteiger partial charge >= 0.3 is 6.15 Å². The largest absolute Gasteiger partial charge is 0.373 e. The molecule has 136 valence electrons. The second-order valence-electron chi connectivity index (χ2n) is 7.03. The SMILES string of the molecule is CCc1cnc2c(c(-c3ccc(C)cc3)nn2C(C)(C)C)c1Cl.O=C=O. The summed E-state index contributed by atoms with van der Waals surface area (Å²) in [6.45, 7) is 10.6. The number of aromatic nitrogens is 3. The molecule has 6 heteroatoms. The van der Waals surface area contributed by atoms with Gasteiger partial charge in [-0.3, -0.25) is 0 Å². The van der Waals surface area contributed by atoms with Gasteiger partial charge in [0, 0.05) is 11.8 Å². The first-order valence-electron chi connectivity index (χ1n) is 8.37. The molecule has 0 saturated carbocycles. The van der Waals surface area contributed by atoms with Crippen molar-refractivity contribution in [2.75, 3.05) is 0 Å². The number of fused-ring (bicyclic) bond motifs is 1. The van der Waals surface area contributed by atoms with E-state index in [4.69, 9.17) is 26.3 Å². The quantitative estimate of drug-likeness (QED) is 0.649. The van der Waals surface area contributed by atoms with Crippen molar-refractivity contribution in [3.8, 4) is 11.3 Å². The van der Waals surface area contributed by atoms with Gasteiger partial charge in [0.15, 0.2) is 5.65 Å². The minimum atomic E-state index is -0.161. The zero-order chi connectivity index (χ0) is 19.5. The second-order valence-corrected chi connectivity index (χ2v) is 7.41. The van der Waals surface area contributed by atoms with Crippen molar-refractivity contribution in [2.45, 2.75) is 46.6 Å². The van der Waals surface area contributed by atoms with Crippen molar-refractivity contribution < 1.29 is 9.59 Å². The maximum Gasteiger partial charge on any atom is 0.373 e. The molecule has 3 rings (SSSR count). The Morgan fingerprint density at radius 1 is 1.15 bits per heavy atom. The summed E-state index contributed by atoms with van der Waals surface area (Å²) in [5, 5.41) is 6.58. The molecular formula is C20H22ClN3O2. The molecule has 0 N–H and O–H groups in total.